The van der Waals surface area contributed by atoms with Crippen molar-refractivity contribution in [3.8, 4) is 11.4 Å². The molecule has 106 valence electrons. The quantitative estimate of drug-likeness (QED) is 0.909. The molecule has 0 bridgehead atoms. The Morgan fingerprint density at radius 2 is 2.00 bits per heavy atom. The van der Waals surface area contributed by atoms with Crippen LogP contribution in [-0.2, 0) is 0 Å². The molecule has 1 aromatic heterocycles. The predicted octanol–water partition coefficient (Wildman–Crippen LogP) is 4.37. The Labute approximate surface area is 123 Å². The summed E-state index contributed by atoms with van der Waals surface area (Å²) in [7, 11) is 0. The summed E-state index contributed by atoms with van der Waals surface area (Å²) in [4.78, 5) is 8.96. The highest BCUT2D eigenvalue weighted by Gasteiger charge is 2.11. The van der Waals surface area contributed by atoms with Crippen LogP contribution in [0.25, 0.3) is 11.4 Å². The van der Waals surface area contributed by atoms with Gasteiger partial charge in [-0.05, 0) is 38.5 Å². The minimum absolute atomic E-state index is 0.0763. The van der Waals surface area contributed by atoms with Crippen molar-refractivity contribution in [3.63, 3.8) is 0 Å². The fraction of sp³-hybridized carbons (Fsp3) is 0.333. The molecule has 0 aliphatic heterocycles. The molecule has 0 unspecified atom stereocenters. The molecule has 5 heteroatoms. The number of aromatic nitrogens is 2. The van der Waals surface area contributed by atoms with Crippen LogP contribution >= 0.6 is 11.6 Å². The number of nitrogens with one attached hydrogen (secondary N) is 1. The molecule has 0 radical (unpaired) electrons. The van der Waals surface area contributed by atoms with E-state index in [0.29, 0.717) is 11.4 Å². The molecule has 1 heterocycles. The third kappa shape index (κ3) is 3.07. The van der Waals surface area contributed by atoms with Crippen LogP contribution in [0.2, 0.25) is 5.02 Å². The summed E-state index contributed by atoms with van der Waals surface area (Å²) >= 11 is 5.81. The Balaban J connectivity index is 2.45. The third-order valence-corrected chi connectivity index (χ3v) is 3.40. The number of benzene rings is 1. The van der Waals surface area contributed by atoms with Gasteiger partial charge in [0, 0.05) is 23.4 Å². The van der Waals surface area contributed by atoms with E-state index >= 15 is 0 Å². The van der Waals surface area contributed by atoms with Gasteiger partial charge in [0.05, 0.1) is 5.02 Å². The number of aryl methyl sites for hydroxylation is 1. The second-order valence-corrected chi connectivity index (χ2v) is 5.07. The smallest absolute Gasteiger partial charge is 0.161 e. The molecule has 0 saturated carbocycles. The minimum atomic E-state index is -0.441. The van der Waals surface area contributed by atoms with Crippen LogP contribution in [0, 0.1) is 19.7 Å². The maximum absolute atomic E-state index is 13.2. The Morgan fingerprint density at radius 1 is 1.25 bits per heavy atom. The van der Waals surface area contributed by atoms with E-state index < -0.39 is 5.82 Å². The summed E-state index contributed by atoms with van der Waals surface area (Å²) in [6.07, 6.45) is 1.01. The molecule has 1 N–H and O–H groups in total. The highest BCUT2D eigenvalue weighted by molar-refractivity contribution is 6.31. The summed E-state index contributed by atoms with van der Waals surface area (Å²) in [6.45, 7) is 6.86. The lowest BCUT2D eigenvalue weighted by molar-refractivity contribution is 0.628. The lowest BCUT2D eigenvalue weighted by Gasteiger charge is -2.12. The number of nitrogens with zero attached hydrogens (tertiary/aromatic N) is 2. The summed E-state index contributed by atoms with van der Waals surface area (Å²) in [5.41, 5.74) is 2.63. The van der Waals surface area contributed by atoms with Gasteiger partial charge in [-0.3, -0.25) is 0 Å². The number of hydrogen-bond acceptors (Lipinski definition) is 3. The molecule has 0 fully saturated rings. The maximum Gasteiger partial charge on any atom is 0.161 e. The summed E-state index contributed by atoms with van der Waals surface area (Å²) in [6, 6.07) is 4.51. The maximum atomic E-state index is 13.2. The van der Waals surface area contributed by atoms with Crippen molar-refractivity contribution in [1.82, 2.24) is 9.97 Å². The van der Waals surface area contributed by atoms with Gasteiger partial charge in [-0.1, -0.05) is 18.5 Å². The number of hydrogen-bond donors (Lipinski definition) is 1. The monoisotopic (exact) mass is 293 g/mol. The second kappa shape index (κ2) is 6.18. The summed E-state index contributed by atoms with van der Waals surface area (Å²) < 4.78 is 13.2. The van der Waals surface area contributed by atoms with Crippen LogP contribution in [0.3, 0.4) is 0 Å². The van der Waals surface area contributed by atoms with E-state index in [9.17, 15) is 4.39 Å². The summed E-state index contributed by atoms with van der Waals surface area (Å²) in [5.74, 6) is 0.923. The van der Waals surface area contributed by atoms with Gasteiger partial charge in [0.15, 0.2) is 5.82 Å². The van der Waals surface area contributed by atoms with Gasteiger partial charge >= 0.3 is 0 Å². The van der Waals surface area contributed by atoms with Crippen molar-refractivity contribution in [3.05, 3.63) is 40.3 Å². The van der Waals surface area contributed by atoms with Crippen molar-refractivity contribution < 1.29 is 4.39 Å². The second-order valence-electron chi connectivity index (χ2n) is 4.66. The molecule has 2 aromatic rings. The third-order valence-electron chi connectivity index (χ3n) is 3.11. The first-order valence-corrected chi connectivity index (χ1v) is 6.95. The Hall–Kier alpha value is -1.68. The molecule has 0 spiro atoms. The molecular formula is C15H17ClFN3. The molecule has 20 heavy (non-hydrogen) atoms. The highest BCUT2D eigenvalue weighted by Crippen LogP contribution is 2.25. The fourth-order valence-corrected chi connectivity index (χ4v) is 1.99. The average Bonchev–Trinajstić information content (AvgIpc) is 2.43. The Bertz CT molecular complexity index is 629. The fourth-order valence-electron chi connectivity index (χ4n) is 1.81. The zero-order chi connectivity index (χ0) is 14.7. The number of rotatable bonds is 4. The van der Waals surface area contributed by atoms with E-state index in [1.165, 1.54) is 6.07 Å². The normalized spacial score (nSPS) is 10.7. The van der Waals surface area contributed by atoms with Gasteiger partial charge in [0.25, 0.3) is 0 Å². The zero-order valence-electron chi connectivity index (χ0n) is 11.8. The molecule has 0 aliphatic carbocycles. The lowest BCUT2D eigenvalue weighted by Crippen LogP contribution is -2.07. The van der Waals surface area contributed by atoms with Crippen molar-refractivity contribution in [2.24, 2.45) is 0 Å². The van der Waals surface area contributed by atoms with Gasteiger partial charge < -0.3 is 5.32 Å². The molecular weight excluding hydrogens is 277 g/mol. The zero-order valence-corrected chi connectivity index (χ0v) is 12.6. The van der Waals surface area contributed by atoms with Crippen LogP contribution in [-0.4, -0.2) is 16.5 Å². The standard InChI is InChI=1S/C15H17ClFN3/c1-4-7-18-14-9(2)10(3)19-15(20-14)11-5-6-13(17)12(16)8-11/h5-6,8H,4,7H2,1-3H3,(H,18,19,20). The molecule has 1 aromatic carbocycles. The molecule has 0 aliphatic rings. The average molecular weight is 294 g/mol. The van der Waals surface area contributed by atoms with Crippen LogP contribution in [0.15, 0.2) is 18.2 Å². The molecule has 3 nitrogen and oxygen atoms in total. The van der Waals surface area contributed by atoms with Crippen molar-refractivity contribution in [2.75, 3.05) is 11.9 Å². The largest absolute Gasteiger partial charge is 0.370 e. The van der Waals surface area contributed by atoms with Crippen molar-refractivity contribution in [1.29, 1.82) is 0 Å². The summed E-state index contributed by atoms with van der Waals surface area (Å²) in [5, 5.41) is 3.36. The van der Waals surface area contributed by atoms with Crippen LogP contribution in [0.1, 0.15) is 24.6 Å². The van der Waals surface area contributed by atoms with E-state index in [4.69, 9.17) is 11.6 Å². The highest BCUT2D eigenvalue weighted by atomic mass is 35.5. The van der Waals surface area contributed by atoms with Gasteiger partial charge in [-0.15, -0.1) is 0 Å². The van der Waals surface area contributed by atoms with Crippen LogP contribution in [0.5, 0.6) is 0 Å². The molecule has 0 atom stereocenters. The lowest BCUT2D eigenvalue weighted by atomic mass is 10.2. The first-order chi connectivity index (χ1) is 9.52. The van der Waals surface area contributed by atoms with Gasteiger partial charge in [-0.25, -0.2) is 14.4 Å². The molecule has 0 amide bonds. The van der Waals surface area contributed by atoms with Gasteiger partial charge in [0.1, 0.15) is 11.6 Å². The van der Waals surface area contributed by atoms with E-state index in [1.54, 1.807) is 12.1 Å². The van der Waals surface area contributed by atoms with Gasteiger partial charge in [-0.2, -0.15) is 0 Å². The predicted molar refractivity (Wildman–Crippen MR) is 80.7 cm³/mol. The minimum Gasteiger partial charge on any atom is -0.370 e. The molecule has 2 rings (SSSR count). The SMILES string of the molecule is CCCNc1nc(-c2ccc(F)c(Cl)c2)nc(C)c1C. The Morgan fingerprint density at radius 3 is 2.65 bits per heavy atom. The topological polar surface area (TPSA) is 37.8 Å². The van der Waals surface area contributed by atoms with Crippen LogP contribution in [0.4, 0.5) is 10.2 Å². The van der Waals surface area contributed by atoms with Gasteiger partial charge in [0.2, 0.25) is 0 Å². The first-order valence-electron chi connectivity index (χ1n) is 6.57. The number of anilines is 1. The van der Waals surface area contributed by atoms with E-state index in [0.717, 1.165) is 30.0 Å². The number of halogens is 2. The molecule has 0 saturated heterocycles. The van der Waals surface area contributed by atoms with Crippen molar-refractivity contribution >= 4 is 17.4 Å². The first kappa shape index (κ1) is 14.7. The van der Waals surface area contributed by atoms with E-state index in [-0.39, 0.29) is 5.02 Å². The van der Waals surface area contributed by atoms with E-state index in [1.807, 2.05) is 13.8 Å². The van der Waals surface area contributed by atoms with Crippen molar-refractivity contribution in [2.45, 2.75) is 27.2 Å². The Kier molecular flexibility index (Phi) is 4.55. The van der Waals surface area contributed by atoms with E-state index in [2.05, 4.69) is 22.2 Å². The van der Waals surface area contributed by atoms with Crippen LogP contribution < -0.4 is 5.32 Å².